The van der Waals surface area contributed by atoms with E-state index in [0.717, 1.165) is 24.4 Å². The maximum Gasteiger partial charge on any atom is 0.488 e. The van der Waals surface area contributed by atoms with E-state index < -0.39 is 7.12 Å². The quantitative estimate of drug-likeness (QED) is 0.730. The van der Waals surface area contributed by atoms with Gasteiger partial charge < -0.3 is 14.8 Å². The molecule has 0 spiro atoms. The number of rotatable bonds is 7. The second kappa shape index (κ2) is 6.61. The fourth-order valence-corrected chi connectivity index (χ4v) is 2.57. The van der Waals surface area contributed by atoms with Gasteiger partial charge in [0.05, 0.1) is 7.11 Å². The van der Waals surface area contributed by atoms with Crippen molar-refractivity contribution in [3.8, 4) is 5.75 Å². The molecule has 5 heteroatoms. The molecule has 1 fully saturated rings. The Morgan fingerprint density at radius 2 is 2.05 bits per heavy atom. The van der Waals surface area contributed by atoms with Crippen molar-refractivity contribution in [1.29, 1.82) is 0 Å². The zero-order valence-electron chi connectivity index (χ0n) is 12.5. The summed E-state index contributed by atoms with van der Waals surface area (Å²) < 4.78 is 5.25. The molecule has 1 aliphatic rings. The lowest BCUT2D eigenvalue weighted by atomic mass is 9.76. The molecular weight excluding hydrogens is 253 g/mol. The van der Waals surface area contributed by atoms with Gasteiger partial charge in [0.2, 0.25) is 0 Å². The first-order valence-corrected chi connectivity index (χ1v) is 7.28. The van der Waals surface area contributed by atoms with Crippen molar-refractivity contribution in [2.45, 2.75) is 39.3 Å². The maximum absolute atomic E-state index is 9.51. The molecule has 1 saturated carbocycles. The average molecular weight is 277 g/mol. The van der Waals surface area contributed by atoms with E-state index in [9.17, 15) is 10.0 Å². The number of ether oxygens (including phenoxy) is 1. The number of hydrogen-bond donors (Lipinski definition) is 2. The molecule has 0 amide bonds. The van der Waals surface area contributed by atoms with E-state index in [1.54, 1.807) is 19.2 Å². The van der Waals surface area contributed by atoms with Crippen LogP contribution in [0.3, 0.4) is 0 Å². The van der Waals surface area contributed by atoms with Crippen molar-refractivity contribution >= 4 is 12.6 Å². The second-order valence-corrected chi connectivity index (χ2v) is 5.99. The molecule has 0 heterocycles. The molecule has 20 heavy (non-hydrogen) atoms. The standard InChI is InChI=1S/C15H24BNO3/c1-11(2)9-17(13-4-5-13)10-12-8-14(20-3)6-7-15(12)16(18)19/h6-8,11,13,18-19H,4-5,9-10H2,1-3H3. The second-order valence-electron chi connectivity index (χ2n) is 5.99. The van der Waals surface area contributed by atoms with Crippen LogP contribution in [0.2, 0.25) is 0 Å². The van der Waals surface area contributed by atoms with Gasteiger partial charge in [-0.05, 0) is 41.9 Å². The minimum Gasteiger partial charge on any atom is -0.497 e. The van der Waals surface area contributed by atoms with E-state index in [1.165, 1.54) is 12.8 Å². The minimum absolute atomic E-state index is 0.570. The molecule has 0 aliphatic heterocycles. The lowest BCUT2D eigenvalue weighted by Gasteiger charge is -2.25. The highest BCUT2D eigenvalue weighted by atomic mass is 16.5. The van der Waals surface area contributed by atoms with Crippen LogP contribution in [-0.4, -0.2) is 41.8 Å². The lowest BCUT2D eigenvalue weighted by Crippen LogP contribution is -2.37. The predicted octanol–water partition coefficient (Wildman–Crippen LogP) is 0.995. The highest BCUT2D eigenvalue weighted by molar-refractivity contribution is 6.59. The van der Waals surface area contributed by atoms with Crippen LogP contribution in [0.1, 0.15) is 32.3 Å². The van der Waals surface area contributed by atoms with Gasteiger partial charge >= 0.3 is 7.12 Å². The Labute approximate surface area is 121 Å². The molecule has 0 atom stereocenters. The van der Waals surface area contributed by atoms with E-state index in [4.69, 9.17) is 4.74 Å². The van der Waals surface area contributed by atoms with E-state index in [1.807, 2.05) is 6.07 Å². The Kier molecular flexibility index (Phi) is 5.08. The summed E-state index contributed by atoms with van der Waals surface area (Å²) in [6, 6.07) is 6.05. The van der Waals surface area contributed by atoms with Crippen molar-refractivity contribution < 1.29 is 14.8 Å². The van der Waals surface area contributed by atoms with Crippen molar-refractivity contribution in [3.63, 3.8) is 0 Å². The topological polar surface area (TPSA) is 52.9 Å². The molecule has 0 bridgehead atoms. The molecular formula is C15H24BNO3. The van der Waals surface area contributed by atoms with Crippen LogP contribution in [-0.2, 0) is 6.54 Å². The first-order chi connectivity index (χ1) is 9.51. The van der Waals surface area contributed by atoms with E-state index >= 15 is 0 Å². The van der Waals surface area contributed by atoms with Gasteiger partial charge in [0, 0.05) is 19.1 Å². The highest BCUT2D eigenvalue weighted by Gasteiger charge is 2.30. The van der Waals surface area contributed by atoms with Crippen molar-refractivity contribution in [2.75, 3.05) is 13.7 Å². The molecule has 0 saturated heterocycles. The molecule has 1 aliphatic carbocycles. The van der Waals surface area contributed by atoms with Crippen LogP contribution < -0.4 is 10.2 Å². The van der Waals surface area contributed by atoms with Gasteiger partial charge in [-0.2, -0.15) is 0 Å². The van der Waals surface area contributed by atoms with Gasteiger partial charge in [-0.15, -0.1) is 0 Å². The third-order valence-corrected chi connectivity index (χ3v) is 3.66. The summed E-state index contributed by atoms with van der Waals surface area (Å²) in [5, 5.41) is 19.0. The molecule has 0 unspecified atom stereocenters. The van der Waals surface area contributed by atoms with Crippen molar-refractivity contribution in [1.82, 2.24) is 4.90 Å². The number of methoxy groups -OCH3 is 1. The Hall–Kier alpha value is -1.04. The summed E-state index contributed by atoms with van der Waals surface area (Å²) in [6.07, 6.45) is 2.49. The minimum atomic E-state index is -1.43. The molecule has 1 aromatic rings. The van der Waals surface area contributed by atoms with Crippen LogP contribution in [0.15, 0.2) is 18.2 Å². The Bertz CT molecular complexity index is 447. The summed E-state index contributed by atoms with van der Waals surface area (Å²) >= 11 is 0. The molecule has 1 aromatic carbocycles. The maximum atomic E-state index is 9.51. The highest BCUT2D eigenvalue weighted by Crippen LogP contribution is 2.29. The molecule has 4 nitrogen and oxygen atoms in total. The van der Waals surface area contributed by atoms with Gasteiger partial charge in [-0.25, -0.2) is 0 Å². The fraction of sp³-hybridized carbons (Fsp3) is 0.600. The SMILES string of the molecule is COc1ccc(B(O)O)c(CN(CC(C)C)C2CC2)c1. The Morgan fingerprint density at radius 1 is 1.35 bits per heavy atom. The van der Waals surface area contributed by atoms with Crippen LogP contribution in [0.25, 0.3) is 0 Å². The molecule has 0 radical (unpaired) electrons. The van der Waals surface area contributed by atoms with Gasteiger partial charge in [-0.3, -0.25) is 4.90 Å². The lowest BCUT2D eigenvalue weighted by molar-refractivity contribution is 0.226. The average Bonchev–Trinajstić information content (AvgIpc) is 3.21. The number of benzene rings is 1. The van der Waals surface area contributed by atoms with E-state index in [0.29, 0.717) is 17.4 Å². The number of nitrogens with zero attached hydrogens (tertiary/aromatic N) is 1. The predicted molar refractivity (Wildman–Crippen MR) is 81.1 cm³/mol. The van der Waals surface area contributed by atoms with Crippen LogP contribution in [0.5, 0.6) is 5.75 Å². The zero-order chi connectivity index (χ0) is 14.7. The van der Waals surface area contributed by atoms with Crippen LogP contribution >= 0.6 is 0 Å². The third kappa shape index (κ3) is 3.98. The molecule has 2 N–H and O–H groups in total. The fourth-order valence-electron chi connectivity index (χ4n) is 2.57. The largest absolute Gasteiger partial charge is 0.497 e. The summed E-state index contributed by atoms with van der Waals surface area (Å²) in [6.45, 7) is 6.20. The van der Waals surface area contributed by atoms with Crippen LogP contribution in [0, 0.1) is 5.92 Å². The zero-order valence-corrected chi connectivity index (χ0v) is 12.5. The third-order valence-electron chi connectivity index (χ3n) is 3.66. The Balaban J connectivity index is 2.20. The first kappa shape index (κ1) is 15.4. The van der Waals surface area contributed by atoms with Gasteiger partial charge in [-0.1, -0.05) is 19.9 Å². The molecule has 0 aromatic heterocycles. The van der Waals surface area contributed by atoms with Crippen LogP contribution in [0.4, 0.5) is 0 Å². The monoisotopic (exact) mass is 277 g/mol. The van der Waals surface area contributed by atoms with Gasteiger partial charge in [0.25, 0.3) is 0 Å². The summed E-state index contributed by atoms with van der Waals surface area (Å²) in [5.74, 6) is 1.36. The van der Waals surface area contributed by atoms with E-state index in [2.05, 4.69) is 18.7 Å². The van der Waals surface area contributed by atoms with E-state index in [-0.39, 0.29) is 0 Å². The smallest absolute Gasteiger partial charge is 0.488 e. The number of hydrogen-bond acceptors (Lipinski definition) is 4. The van der Waals surface area contributed by atoms with Gasteiger partial charge in [0.1, 0.15) is 5.75 Å². The Morgan fingerprint density at radius 3 is 2.55 bits per heavy atom. The van der Waals surface area contributed by atoms with Crippen molar-refractivity contribution in [2.24, 2.45) is 5.92 Å². The molecule has 110 valence electrons. The van der Waals surface area contributed by atoms with Crippen molar-refractivity contribution in [3.05, 3.63) is 23.8 Å². The first-order valence-electron chi connectivity index (χ1n) is 7.28. The summed E-state index contributed by atoms with van der Waals surface area (Å²) in [5.41, 5.74) is 1.51. The van der Waals surface area contributed by atoms with Gasteiger partial charge in [0.15, 0.2) is 0 Å². The summed E-state index contributed by atoms with van der Waals surface area (Å²) in [4.78, 5) is 2.44. The summed E-state index contributed by atoms with van der Waals surface area (Å²) in [7, 11) is 0.192. The molecule has 2 rings (SSSR count). The normalized spacial score (nSPS) is 14.9.